The molecule has 2 amide bonds. The van der Waals surface area contributed by atoms with Crippen molar-refractivity contribution < 1.29 is 14.5 Å². The van der Waals surface area contributed by atoms with Gasteiger partial charge in [-0.15, -0.1) is 0 Å². The van der Waals surface area contributed by atoms with E-state index in [0.29, 0.717) is 22.4 Å². The topological polar surface area (TPSA) is 101 Å². The monoisotopic (exact) mass is 371 g/mol. The predicted molar refractivity (Wildman–Crippen MR) is 96.0 cm³/mol. The van der Waals surface area contributed by atoms with E-state index in [1.165, 1.54) is 12.1 Å². The fraction of sp³-hybridized carbons (Fsp3) is 0.111. The molecule has 2 aromatic rings. The molecule has 0 aliphatic carbocycles. The Morgan fingerprint density at radius 2 is 1.88 bits per heavy atom. The maximum atomic E-state index is 13.0. The Bertz CT molecular complexity index is 941. The number of ketones is 1. The van der Waals surface area contributed by atoms with Gasteiger partial charge in [-0.05, 0) is 18.6 Å². The zero-order chi connectivity index (χ0) is 18.8. The Morgan fingerprint density at radius 3 is 2.54 bits per heavy atom. The van der Waals surface area contributed by atoms with Gasteiger partial charge in [0.2, 0.25) is 0 Å². The number of nitro groups is 1. The number of halogens is 1. The van der Waals surface area contributed by atoms with Crippen molar-refractivity contribution in [1.82, 2.24) is 10.6 Å². The molecule has 0 saturated heterocycles. The molecule has 1 aliphatic rings. The van der Waals surface area contributed by atoms with Gasteiger partial charge in [-0.25, -0.2) is 4.79 Å². The molecule has 2 N–H and O–H groups in total. The Balaban J connectivity index is 2.11. The fourth-order valence-electron chi connectivity index (χ4n) is 2.84. The second kappa shape index (κ2) is 6.97. The Labute approximate surface area is 153 Å². The van der Waals surface area contributed by atoms with Crippen LogP contribution in [0.2, 0.25) is 5.02 Å². The molecule has 1 heterocycles. The van der Waals surface area contributed by atoms with Crippen molar-refractivity contribution >= 4 is 29.1 Å². The zero-order valence-corrected chi connectivity index (χ0v) is 14.4. The van der Waals surface area contributed by atoms with Crippen LogP contribution in [-0.4, -0.2) is 16.7 Å². The van der Waals surface area contributed by atoms with Crippen molar-refractivity contribution in [3.05, 3.63) is 86.1 Å². The molecule has 0 radical (unpaired) electrons. The largest absolute Gasteiger partial charge is 0.327 e. The summed E-state index contributed by atoms with van der Waals surface area (Å²) in [6, 6.07) is 11.5. The summed E-state index contributed by atoms with van der Waals surface area (Å²) in [6.45, 7) is 1.62. The third kappa shape index (κ3) is 3.29. The minimum Gasteiger partial charge on any atom is -0.327 e. The van der Waals surface area contributed by atoms with Crippen molar-refractivity contribution in [2.75, 3.05) is 0 Å². The standard InChI is InChI=1S/C18H14ClN3O4/c1-10-15(17(23)11-5-3-2-4-6-11)16(21-18(24)20-10)12-7-8-13(19)14(9-12)22(25)26/h2-9,16H,1H3,(H2,20,21,24). The normalized spacial score (nSPS) is 16.7. The van der Waals surface area contributed by atoms with Crippen molar-refractivity contribution in [2.45, 2.75) is 13.0 Å². The molecule has 0 aromatic heterocycles. The van der Waals surface area contributed by atoms with Crippen LogP contribution in [0.1, 0.15) is 28.9 Å². The smallest absolute Gasteiger partial charge is 0.319 e. The summed E-state index contributed by atoms with van der Waals surface area (Å²) < 4.78 is 0. The van der Waals surface area contributed by atoms with Gasteiger partial charge in [0.15, 0.2) is 5.78 Å². The first-order valence-electron chi connectivity index (χ1n) is 7.70. The molecule has 0 bridgehead atoms. The third-order valence-electron chi connectivity index (χ3n) is 4.05. The number of benzene rings is 2. The SMILES string of the molecule is CC1=C(C(=O)c2ccccc2)C(c2ccc(Cl)c([N+](=O)[O-])c2)NC(=O)N1. The molecule has 26 heavy (non-hydrogen) atoms. The van der Waals surface area contributed by atoms with E-state index >= 15 is 0 Å². The van der Waals surface area contributed by atoms with Crippen LogP contribution < -0.4 is 10.6 Å². The van der Waals surface area contributed by atoms with E-state index in [-0.39, 0.29) is 16.5 Å². The van der Waals surface area contributed by atoms with Crippen molar-refractivity contribution in [2.24, 2.45) is 0 Å². The van der Waals surface area contributed by atoms with Crippen LogP contribution in [0.25, 0.3) is 0 Å². The van der Waals surface area contributed by atoms with Gasteiger partial charge in [0, 0.05) is 22.9 Å². The van der Waals surface area contributed by atoms with Gasteiger partial charge >= 0.3 is 6.03 Å². The molecular formula is C18H14ClN3O4. The molecule has 0 spiro atoms. The number of carbonyl (C=O) groups is 2. The molecule has 0 saturated carbocycles. The fourth-order valence-corrected chi connectivity index (χ4v) is 3.03. The summed E-state index contributed by atoms with van der Waals surface area (Å²) >= 11 is 5.86. The number of nitrogens with zero attached hydrogens (tertiary/aromatic N) is 1. The summed E-state index contributed by atoms with van der Waals surface area (Å²) in [6.07, 6.45) is 0. The second-order valence-electron chi connectivity index (χ2n) is 5.73. The molecule has 1 aliphatic heterocycles. The third-order valence-corrected chi connectivity index (χ3v) is 4.37. The number of urea groups is 1. The second-order valence-corrected chi connectivity index (χ2v) is 6.14. The average molecular weight is 372 g/mol. The summed E-state index contributed by atoms with van der Waals surface area (Å²) in [7, 11) is 0. The number of carbonyl (C=O) groups excluding carboxylic acids is 2. The molecule has 8 heteroatoms. The summed E-state index contributed by atoms with van der Waals surface area (Å²) in [4.78, 5) is 35.5. The summed E-state index contributed by atoms with van der Waals surface area (Å²) in [5.41, 5.74) is 1.27. The highest BCUT2D eigenvalue weighted by Crippen LogP contribution is 2.33. The van der Waals surface area contributed by atoms with E-state index in [4.69, 9.17) is 11.6 Å². The van der Waals surface area contributed by atoms with Crippen LogP contribution in [0.15, 0.2) is 59.8 Å². The van der Waals surface area contributed by atoms with Gasteiger partial charge in [0.1, 0.15) is 5.02 Å². The van der Waals surface area contributed by atoms with Crippen molar-refractivity contribution in [3.63, 3.8) is 0 Å². The van der Waals surface area contributed by atoms with Crippen LogP contribution in [0, 0.1) is 10.1 Å². The van der Waals surface area contributed by atoms with Crippen LogP contribution in [0.5, 0.6) is 0 Å². The first-order valence-corrected chi connectivity index (χ1v) is 8.08. The van der Waals surface area contributed by atoms with Crippen LogP contribution >= 0.6 is 11.6 Å². The van der Waals surface area contributed by atoms with Gasteiger partial charge in [-0.3, -0.25) is 14.9 Å². The highest BCUT2D eigenvalue weighted by Gasteiger charge is 2.32. The maximum absolute atomic E-state index is 13.0. The molecule has 2 aromatic carbocycles. The van der Waals surface area contributed by atoms with Crippen LogP contribution in [-0.2, 0) is 0 Å². The molecule has 3 rings (SSSR count). The number of amides is 2. The Hall–Kier alpha value is -3.19. The average Bonchev–Trinajstić information content (AvgIpc) is 2.61. The van der Waals surface area contributed by atoms with E-state index in [1.54, 1.807) is 43.3 Å². The van der Waals surface area contributed by atoms with E-state index in [2.05, 4.69) is 10.6 Å². The maximum Gasteiger partial charge on any atom is 0.319 e. The lowest BCUT2D eigenvalue weighted by molar-refractivity contribution is -0.384. The minimum atomic E-state index is -0.826. The quantitative estimate of drug-likeness (QED) is 0.485. The number of allylic oxidation sites excluding steroid dienone is 1. The molecule has 7 nitrogen and oxygen atoms in total. The highest BCUT2D eigenvalue weighted by atomic mass is 35.5. The molecule has 1 unspecified atom stereocenters. The van der Waals surface area contributed by atoms with Gasteiger partial charge in [-0.1, -0.05) is 48.0 Å². The molecule has 132 valence electrons. The number of hydrogen-bond donors (Lipinski definition) is 2. The molecular weight excluding hydrogens is 358 g/mol. The lowest BCUT2D eigenvalue weighted by atomic mass is 9.89. The lowest BCUT2D eigenvalue weighted by Gasteiger charge is -2.28. The van der Waals surface area contributed by atoms with Gasteiger partial charge in [0.25, 0.3) is 5.69 Å². The lowest BCUT2D eigenvalue weighted by Crippen LogP contribution is -2.45. The first kappa shape index (κ1) is 17.6. The number of Topliss-reactive ketones (excluding diaryl/α,β-unsaturated/α-hetero) is 1. The number of hydrogen-bond acceptors (Lipinski definition) is 4. The van der Waals surface area contributed by atoms with Crippen LogP contribution in [0.4, 0.5) is 10.5 Å². The minimum absolute atomic E-state index is 0.0179. The van der Waals surface area contributed by atoms with E-state index in [9.17, 15) is 19.7 Å². The number of nitro benzene ring substituents is 1. The predicted octanol–water partition coefficient (Wildman–Crippen LogP) is 3.76. The summed E-state index contributed by atoms with van der Waals surface area (Å²) in [5, 5.41) is 16.4. The number of rotatable bonds is 4. The Morgan fingerprint density at radius 1 is 1.19 bits per heavy atom. The van der Waals surface area contributed by atoms with E-state index in [1.807, 2.05) is 0 Å². The van der Waals surface area contributed by atoms with Crippen molar-refractivity contribution in [3.8, 4) is 0 Å². The summed E-state index contributed by atoms with van der Waals surface area (Å²) in [5.74, 6) is -0.279. The number of nitrogens with one attached hydrogen (secondary N) is 2. The molecule has 0 fully saturated rings. The van der Waals surface area contributed by atoms with E-state index < -0.39 is 17.0 Å². The highest BCUT2D eigenvalue weighted by molar-refractivity contribution is 6.32. The van der Waals surface area contributed by atoms with E-state index in [0.717, 1.165) is 0 Å². The zero-order valence-electron chi connectivity index (χ0n) is 13.7. The Kier molecular flexibility index (Phi) is 4.73. The van der Waals surface area contributed by atoms with Gasteiger partial charge < -0.3 is 10.6 Å². The first-order chi connectivity index (χ1) is 12.4. The van der Waals surface area contributed by atoms with Crippen molar-refractivity contribution in [1.29, 1.82) is 0 Å². The van der Waals surface area contributed by atoms with Crippen LogP contribution in [0.3, 0.4) is 0 Å². The molecule has 1 atom stereocenters. The van der Waals surface area contributed by atoms with Gasteiger partial charge in [-0.2, -0.15) is 0 Å². The van der Waals surface area contributed by atoms with Gasteiger partial charge in [0.05, 0.1) is 11.0 Å².